The van der Waals surface area contributed by atoms with Crippen LogP contribution in [0, 0.1) is 6.92 Å². The largest absolute Gasteiger partial charge is 0.497 e. The van der Waals surface area contributed by atoms with Gasteiger partial charge in [0.15, 0.2) is 11.6 Å². The molecular weight excluding hydrogens is 386 g/mol. The zero-order chi connectivity index (χ0) is 22.1. The van der Waals surface area contributed by atoms with Gasteiger partial charge in [-0.1, -0.05) is 12.1 Å². The maximum atomic E-state index is 11.2. The predicted molar refractivity (Wildman–Crippen MR) is 113 cm³/mol. The van der Waals surface area contributed by atoms with E-state index >= 15 is 0 Å². The molecule has 2 aromatic rings. The van der Waals surface area contributed by atoms with E-state index in [4.69, 9.17) is 19.3 Å². The normalized spacial score (nSPS) is 12.1. The lowest BCUT2D eigenvalue weighted by molar-refractivity contribution is 0.0695. The standard InChI is InChI=1S/C22H25N3O5/c1-6-29-19(11-14(2)20-24-12-18(22(26)27)15(3)25-20)21(23-4)30-13-16-7-9-17(28-5)10-8-16/h7-12H,4,6,13H2,1-3,5H3,(H,26,27)/b14-11+,21-19-. The van der Waals surface area contributed by atoms with Crippen LogP contribution in [-0.2, 0) is 16.1 Å². The van der Waals surface area contributed by atoms with E-state index in [1.54, 1.807) is 27.0 Å². The summed E-state index contributed by atoms with van der Waals surface area (Å²) >= 11 is 0. The first kappa shape index (κ1) is 22.6. The number of aromatic nitrogens is 2. The van der Waals surface area contributed by atoms with Crippen molar-refractivity contribution in [2.45, 2.75) is 27.4 Å². The van der Waals surface area contributed by atoms with Gasteiger partial charge in [0.2, 0.25) is 0 Å². The highest BCUT2D eigenvalue weighted by Gasteiger charge is 2.13. The number of aryl methyl sites for hydroxylation is 1. The first-order valence-corrected chi connectivity index (χ1v) is 9.24. The fraction of sp³-hybridized carbons (Fsp3) is 0.273. The monoisotopic (exact) mass is 411 g/mol. The number of carboxylic acids is 1. The average Bonchev–Trinajstić information content (AvgIpc) is 2.74. The molecule has 1 N–H and O–H groups in total. The van der Waals surface area contributed by atoms with Gasteiger partial charge in [-0.25, -0.2) is 19.8 Å². The topological polar surface area (TPSA) is 103 Å². The van der Waals surface area contributed by atoms with Gasteiger partial charge in [0.25, 0.3) is 5.88 Å². The van der Waals surface area contributed by atoms with E-state index in [0.29, 0.717) is 29.5 Å². The number of carboxylic acid groups (broad SMARTS) is 1. The summed E-state index contributed by atoms with van der Waals surface area (Å²) in [5.74, 6) is 0.677. The molecule has 0 aliphatic heterocycles. The predicted octanol–water partition coefficient (Wildman–Crippen LogP) is 4.02. The average molecular weight is 411 g/mol. The van der Waals surface area contributed by atoms with Crippen molar-refractivity contribution in [1.29, 1.82) is 0 Å². The summed E-state index contributed by atoms with van der Waals surface area (Å²) in [6.45, 7) is 9.48. The van der Waals surface area contributed by atoms with Crippen LogP contribution >= 0.6 is 0 Å². The number of methoxy groups -OCH3 is 1. The first-order valence-electron chi connectivity index (χ1n) is 9.24. The van der Waals surface area contributed by atoms with Crippen molar-refractivity contribution in [1.82, 2.24) is 9.97 Å². The number of aliphatic imine (C=N–C) groups is 1. The van der Waals surface area contributed by atoms with Gasteiger partial charge in [0.1, 0.15) is 12.4 Å². The third-order valence-corrected chi connectivity index (χ3v) is 4.10. The lowest BCUT2D eigenvalue weighted by atomic mass is 10.2. The van der Waals surface area contributed by atoms with Gasteiger partial charge >= 0.3 is 5.97 Å². The second-order valence-corrected chi connectivity index (χ2v) is 6.22. The number of ether oxygens (including phenoxy) is 3. The highest BCUT2D eigenvalue weighted by Crippen LogP contribution is 2.20. The third-order valence-electron chi connectivity index (χ3n) is 4.10. The molecule has 0 saturated heterocycles. The molecule has 0 bridgehead atoms. The Morgan fingerprint density at radius 1 is 1.27 bits per heavy atom. The van der Waals surface area contributed by atoms with Gasteiger partial charge in [-0.15, -0.1) is 0 Å². The second-order valence-electron chi connectivity index (χ2n) is 6.22. The number of carbonyl (C=O) groups is 1. The minimum absolute atomic E-state index is 0.0587. The van der Waals surface area contributed by atoms with E-state index in [-0.39, 0.29) is 18.1 Å². The van der Waals surface area contributed by atoms with Crippen LogP contribution in [0.5, 0.6) is 5.75 Å². The first-order chi connectivity index (χ1) is 14.4. The number of hydrogen-bond acceptors (Lipinski definition) is 7. The van der Waals surface area contributed by atoms with Crippen LogP contribution in [0.4, 0.5) is 0 Å². The maximum Gasteiger partial charge on any atom is 0.339 e. The molecule has 0 saturated carbocycles. The number of nitrogens with zero attached hydrogens (tertiary/aromatic N) is 3. The van der Waals surface area contributed by atoms with Crippen molar-refractivity contribution >= 4 is 18.3 Å². The van der Waals surface area contributed by atoms with E-state index in [9.17, 15) is 4.79 Å². The van der Waals surface area contributed by atoms with Gasteiger partial charge in [0.05, 0.1) is 25.0 Å². The summed E-state index contributed by atoms with van der Waals surface area (Å²) in [5.41, 5.74) is 2.02. The van der Waals surface area contributed by atoms with Gasteiger partial charge in [-0.05, 0) is 56.8 Å². The zero-order valence-electron chi connectivity index (χ0n) is 17.5. The molecule has 0 unspecified atom stereocenters. The smallest absolute Gasteiger partial charge is 0.339 e. The molecule has 0 aliphatic rings. The molecule has 0 amide bonds. The molecule has 1 heterocycles. The van der Waals surface area contributed by atoms with Crippen LogP contribution in [0.15, 0.2) is 53.2 Å². The van der Waals surface area contributed by atoms with Crippen LogP contribution < -0.4 is 4.74 Å². The zero-order valence-corrected chi connectivity index (χ0v) is 17.5. The molecule has 2 rings (SSSR count). The van der Waals surface area contributed by atoms with Crippen molar-refractivity contribution < 1.29 is 24.1 Å². The Balaban J connectivity index is 2.28. The van der Waals surface area contributed by atoms with Gasteiger partial charge in [-0.3, -0.25) is 0 Å². The Hall–Kier alpha value is -3.68. The van der Waals surface area contributed by atoms with Crippen LogP contribution in [0.2, 0.25) is 0 Å². The third kappa shape index (κ3) is 5.91. The van der Waals surface area contributed by atoms with Crippen LogP contribution in [0.3, 0.4) is 0 Å². The number of benzene rings is 1. The molecule has 8 nitrogen and oxygen atoms in total. The minimum atomic E-state index is -1.07. The van der Waals surface area contributed by atoms with E-state index < -0.39 is 5.97 Å². The molecule has 30 heavy (non-hydrogen) atoms. The van der Waals surface area contributed by atoms with E-state index in [2.05, 4.69) is 21.7 Å². The number of hydrogen-bond donors (Lipinski definition) is 1. The molecule has 0 fully saturated rings. The molecule has 8 heteroatoms. The summed E-state index contributed by atoms with van der Waals surface area (Å²) in [4.78, 5) is 23.5. The maximum absolute atomic E-state index is 11.2. The summed E-state index contributed by atoms with van der Waals surface area (Å²) in [6.07, 6.45) is 2.98. The summed E-state index contributed by atoms with van der Waals surface area (Å²) in [6, 6.07) is 7.47. The molecule has 158 valence electrons. The molecule has 1 aromatic heterocycles. The lowest BCUT2D eigenvalue weighted by Crippen LogP contribution is -2.06. The van der Waals surface area contributed by atoms with Crippen molar-refractivity contribution in [3.8, 4) is 5.75 Å². The Labute approximate surface area is 175 Å². The Kier molecular flexibility index (Phi) is 8.10. The van der Waals surface area contributed by atoms with Gasteiger partial charge < -0.3 is 19.3 Å². The molecule has 1 aromatic carbocycles. The van der Waals surface area contributed by atoms with E-state index in [0.717, 1.165) is 11.3 Å². The van der Waals surface area contributed by atoms with Crippen LogP contribution in [-0.4, -0.2) is 41.5 Å². The minimum Gasteiger partial charge on any atom is -0.497 e. The van der Waals surface area contributed by atoms with Gasteiger partial charge in [0, 0.05) is 6.20 Å². The van der Waals surface area contributed by atoms with Crippen molar-refractivity contribution in [2.75, 3.05) is 13.7 Å². The van der Waals surface area contributed by atoms with Crippen molar-refractivity contribution in [3.05, 3.63) is 70.8 Å². The number of rotatable bonds is 10. The fourth-order valence-electron chi connectivity index (χ4n) is 2.52. The van der Waals surface area contributed by atoms with Crippen LogP contribution in [0.1, 0.15) is 41.3 Å². The highest BCUT2D eigenvalue weighted by molar-refractivity contribution is 5.88. The summed E-state index contributed by atoms with van der Waals surface area (Å²) in [7, 11) is 1.61. The van der Waals surface area contributed by atoms with Crippen LogP contribution in [0.25, 0.3) is 5.57 Å². The molecule has 0 aliphatic carbocycles. The lowest BCUT2D eigenvalue weighted by Gasteiger charge is -2.12. The SMILES string of the molecule is C=N/C(OCc1ccc(OC)cc1)=C(\C=C(/C)c1ncc(C(=O)O)c(C)n1)OCC. The Bertz CT molecular complexity index is 965. The molecule has 0 radical (unpaired) electrons. The second kappa shape index (κ2) is 10.8. The van der Waals surface area contributed by atoms with E-state index in [1.165, 1.54) is 6.20 Å². The van der Waals surface area contributed by atoms with Crippen molar-refractivity contribution in [3.63, 3.8) is 0 Å². The number of aromatic carboxylic acids is 1. The molecule has 0 spiro atoms. The molecule has 0 atom stereocenters. The number of allylic oxidation sites excluding steroid dienone is 2. The van der Waals surface area contributed by atoms with E-state index in [1.807, 2.05) is 31.2 Å². The molecular formula is C22H25N3O5. The summed E-state index contributed by atoms with van der Waals surface area (Å²) < 4.78 is 16.6. The highest BCUT2D eigenvalue weighted by atomic mass is 16.5. The Morgan fingerprint density at radius 3 is 2.50 bits per heavy atom. The Morgan fingerprint density at radius 2 is 1.97 bits per heavy atom. The quantitative estimate of drug-likeness (QED) is 0.358. The van der Waals surface area contributed by atoms with Gasteiger partial charge in [-0.2, -0.15) is 0 Å². The van der Waals surface area contributed by atoms with Crippen molar-refractivity contribution in [2.24, 2.45) is 4.99 Å². The summed E-state index contributed by atoms with van der Waals surface area (Å²) in [5, 5.41) is 9.13. The fourth-order valence-corrected chi connectivity index (χ4v) is 2.52.